The van der Waals surface area contributed by atoms with Crippen molar-refractivity contribution in [3.05, 3.63) is 74.8 Å². The van der Waals surface area contributed by atoms with E-state index in [1.54, 1.807) is 40.7 Å². The molecule has 0 bridgehead atoms. The number of fused-ring (bicyclic) bond motifs is 2. The number of carbonyl (C=O) groups excluding carboxylic acids is 2. The third kappa shape index (κ3) is 12.0. The number of aromatic nitrogens is 5. The van der Waals surface area contributed by atoms with Gasteiger partial charge in [0.25, 0.3) is 11.9 Å². The molecule has 0 saturated carbocycles. The Bertz CT molecular complexity index is 2510. The normalized spacial score (nSPS) is 17.2. The summed E-state index contributed by atoms with van der Waals surface area (Å²) in [7, 11) is 0. The zero-order chi connectivity index (χ0) is 50.2. The third-order valence-corrected chi connectivity index (χ3v) is 13.8. The largest absolute Gasteiger partial charge is 0.737 e. The standard InChI is InChI=1S/C45H61BF2N12O8S/c1-7-33-27(3)40-39(41-28(4)34(8-2)30(6)60(41)46(47,48)59(40)29(33)5)31-9-11-32(12-10-31)42(66)50-17-24-69-45-54-52-44(53-55-45)51-16-15-49-36(61)14-13-35(43(67)68)58-22-20-56(25-37(62)63)18-19-57(21-23-58)26-38(64)65/h9-12,35H,7-8,13-26H2,1-6H3,(H,49,61)(H,50,66)(H,62,63)(H,64,65)(H,67,68)(H,51,52,53)/t35-/m0/s1. The number of carboxylic acid groups (broad SMARTS) is 3. The zero-order valence-electron chi connectivity index (χ0n) is 39.8. The maximum Gasteiger partial charge on any atom is 0.737 e. The number of nitrogens with zero attached hydrogens (tertiary/aromatic N) is 9. The number of nitrogens with one attached hydrogen (secondary N) is 3. The minimum Gasteiger partial charge on any atom is -0.480 e. The van der Waals surface area contributed by atoms with Crippen molar-refractivity contribution < 1.29 is 52.4 Å². The van der Waals surface area contributed by atoms with Crippen molar-refractivity contribution in [2.75, 3.05) is 83.1 Å². The molecule has 0 radical (unpaired) electrons. The van der Waals surface area contributed by atoms with E-state index in [9.17, 15) is 39.3 Å². The molecule has 2 aromatic heterocycles. The lowest BCUT2D eigenvalue weighted by Crippen LogP contribution is -2.51. The Hall–Kier alpha value is -6.11. The number of thioether (sulfide) groups is 1. The lowest BCUT2D eigenvalue weighted by atomic mass is 9.83. The Balaban J connectivity index is 0.954. The highest BCUT2D eigenvalue weighted by Crippen LogP contribution is 2.47. The average molecular weight is 979 g/mol. The molecule has 1 aromatic carbocycles. The molecule has 3 aliphatic rings. The quantitative estimate of drug-likeness (QED) is 0.0510. The van der Waals surface area contributed by atoms with Gasteiger partial charge in [0.05, 0.1) is 18.7 Å². The number of carboxylic acids is 3. The molecular formula is C45H61BF2N12O8S. The van der Waals surface area contributed by atoms with Crippen LogP contribution in [0.1, 0.15) is 85.4 Å². The molecule has 5 heterocycles. The molecule has 1 saturated heterocycles. The van der Waals surface area contributed by atoms with E-state index in [-0.39, 0.29) is 94.7 Å². The van der Waals surface area contributed by atoms with E-state index >= 15 is 8.63 Å². The van der Waals surface area contributed by atoms with Crippen LogP contribution in [0.15, 0.2) is 46.3 Å². The molecule has 3 aliphatic heterocycles. The number of carbonyl (C=O) groups is 5. The summed E-state index contributed by atoms with van der Waals surface area (Å²) in [6.45, 7) is 8.91. The van der Waals surface area contributed by atoms with Crippen LogP contribution in [0.2, 0.25) is 0 Å². The van der Waals surface area contributed by atoms with E-state index < -0.39 is 30.9 Å². The number of aliphatic carboxylic acids is 3. The summed E-state index contributed by atoms with van der Waals surface area (Å²) in [6, 6.07) is 6.01. The molecule has 6 rings (SSSR count). The van der Waals surface area contributed by atoms with Gasteiger partial charge < -0.3 is 48.9 Å². The summed E-state index contributed by atoms with van der Waals surface area (Å²) < 4.78 is 35.7. The number of anilines is 1. The lowest BCUT2D eigenvalue weighted by Gasteiger charge is -2.34. The Morgan fingerprint density at radius 3 is 1.99 bits per heavy atom. The second-order valence-corrected chi connectivity index (χ2v) is 18.3. The first-order chi connectivity index (χ1) is 32.9. The van der Waals surface area contributed by atoms with Crippen LogP contribution >= 0.6 is 11.8 Å². The van der Waals surface area contributed by atoms with Crippen LogP contribution in [-0.4, -0.2) is 186 Å². The van der Waals surface area contributed by atoms with Crippen LogP contribution in [0.25, 0.3) is 5.57 Å². The second kappa shape index (κ2) is 23.0. The SMILES string of the molecule is CCC1=C(C)C2=C(c3ccc(C(=O)NCCSc4nnc(NCCNC(=O)CC[C@@H](C(=O)O)N5CCN(CC(=O)O)CCN(CC(=O)O)CC5)nn4)cc3)c3c(C)c(CC)c(C)n3[B-](F)(F)[N+]2=C1C. The Labute approximate surface area is 403 Å². The van der Waals surface area contributed by atoms with Gasteiger partial charge in [0.15, 0.2) is 5.70 Å². The fraction of sp³-hybridized carbons (Fsp3) is 0.511. The van der Waals surface area contributed by atoms with E-state index in [2.05, 4.69) is 36.3 Å². The van der Waals surface area contributed by atoms with Gasteiger partial charge in [-0.1, -0.05) is 37.7 Å². The summed E-state index contributed by atoms with van der Waals surface area (Å²) in [5.41, 5.74) is 7.52. The topological polar surface area (TPSA) is 251 Å². The molecule has 1 fully saturated rings. The van der Waals surface area contributed by atoms with E-state index in [1.165, 1.54) is 20.7 Å². The third-order valence-electron chi connectivity index (χ3n) is 13.0. The lowest BCUT2D eigenvalue weighted by molar-refractivity contribution is -0.363. The van der Waals surface area contributed by atoms with Crippen molar-refractivity contribution in [2.24, 2.45) is 0 Å². The number of rotatable bonds is 21. The van der Waals surface area contributed by atoms with Gasteiger partial charge in [0.1, 0.15) is 11.8 Å². The fourth-order valence-corrected chi connectivity index (χ4v) is 10.2. The van der Waals surface area contributed by atoms with Crippen LogP contribution < -0.4 is 16.0 Å². The molecule has 372 valence electrons. The number of hydrogen-bond donors (Lipinski definition) is 6. The van der Waals surface area contributed by atoms with Crippen molar-refractivity contribution in [3.8, 4) is 0 Å². The maximum atomic E-state index is 16.6. The molecule has 0 unspecified atom stereocenters. The number of amides is 2. The molecule has 6 N–H and O–H groups in total. The van der Waals surface area contributed by atoms with Gasteiger partial charge in [-0.05, 0) is 74.6 Å². The van der Waals surface area contributed by atoms with Gasteiger partial charge in [-0.2, -0.15) is 0 Å². The van der Waals surface area contributed by atoms with E-state index in [0.717, 1.165) is 33.4 Å². The van der Waals surface area contributed by atoms with Gasteiger partial charge >= 0.3 is 24.9 Å². The molecule has 20 nitrogen and oxygen atoms in total. The number of halogens is 2. The fourth-order valence-electron chi connectivity index (χ4n) is 9.66. The molecule has 2 amide bonds. The van der Waals surface area contributed by atoms with Gasteiger partial charge in [0, 0.05) is 100 Å². The van der Waals surface area contributed by atoms with Crippen LogP contribution in [0.4, 0.5) is 14.6 Å². The van der Waals surface area contributed by atoms with Crippen molar-refractivity contribution in [2.45, 2.75) is 78.4 Å². The van der Waals surface area contributed by atoms with Crippen LogP contribution in [0.3, 0.4) is 0 Å². The first-order valence-corrected chi connectivity index (χ1v) is 24.1. The van der Waals surface area contributed by atoms with E-state index in [1.807, 2.05) is 39.8 Å². The Kier molecular flexibility index (Phi) is 17.4. The first kappa shape index (κ1) is 52.3. The molecule has 3 aromatic rings. The van der Waals surface area contributed by atoms with Gasteiger partial charge in [0.2, 0.25) is 11.1 Å². The number of allylic oxidation sites excluding steroid dienone is 2. The average Bonchev–Trinajstić information content (AvgIpc) is 3.75. The van der Waals surface area contributed by atoms with Crippen LogP contribution in [-0.2, 0) is 25.6 Å². The van der Waals surface area contributed by atoms with Gasteiger partial charge in [-0.25, -0.2) is 0 Å². The van der Waals surface area contributed by atoms with E-state index in [4.69, 9.17) is 0 Å². The summed E-state index contributed by atoms with van der Waals surface area (Å²) in [5.74, 6) is -3.38. The van der Waals surface area contributed by atoms with Crippen molar-refractivity contribution >= 4 is 65.7 Å². The van der Waals surface area contributed by atoms with Crippen molar-refractivity contribution in [1.82, 2.24) is 50.2 Å². The minimum atomic E-state index is -4.15. The molecule has 0 aliphatic carbocycles. The summed E-state index contributed by atoms with van der Waals surface area (Å²) >= 11 is 1.24. The summed E-state index contributed by atoms with van der Waals surface area (Å²) in [6.07, 6.45) is 1.14. The second-order valence-electron chi connectivity index (χ2n) is 17.2. The highest BCUT2D eigenvalue weighted by Gasteiger charge is 2.56. The predicted octanol–water partition coefficient (Wildman–Crippen LogP) is 2.83. The van der Waals surface area contributed by atoms with Crippen molar-refractivity contribution in [3.63, 3.8) is 0 Å². The zero-order valence-corrected chi connectivity index (χ0v) is 40.7. The monoisotopic (exact) mass is 978 g/mol. The summed E-state index contributed by atoms with van der Waals surface area (Å²) in [5, 5.41) is 53.7. The van der Waals surface area contributed by atoms with Crippen molar-refractivity contribution in [1.29, 1.82) is 0 Å². The molecule has 1 atom stereocenters. The predicted molar refractivity (Wildman–Crippen MR) is 256 cm³/mol. The molecule has 69 heavy (non-hydrogen) atoms. The van der Waals surface area contributed by atoms with Gasteiger partial charge in [-0.15, -0.1) is 20.4 Å². The van der Waals surface area contributed by atoms with E-state index in [0.29, 0.717) is 60.0 Å². The van der Waals surface area contributed by atoms with Crippen LogP contribution in [0, 0.1) is 13.8 Å². The molecule has 0 spiro atoms. The highest BCUT2D eigenvalue weighted by atomic mass is 32.2. The number of benzene rings is 1. The maximum absolute atomic E-state index is 16.6. The van der Waals surface area contributed by atoms with Gasteiger partial charge in [-0.3, -0.25) is 38.7 Å². The molecule has 24 heteroatoms. The number of hydrogen-bond acceptors (Lipinski definition) is 14. The molecular weight excluding hydrogens is 917 g/mol. The summed E-state index contributed by atoms with van der Waals surface area (Å²) in [4.78, 5) is 65.9. The smallest absolute Gasteiger partial charge is 0.480 e. The Morgan fingerprint density at radius 2 is 1.42 bits per heavy atom. The Morgan fingerprint density at radius 1 is 0.812 bits per heavy atom. The highest BCUT2D eigenvalue weighted by molar-refractivity contribution is 7.99. The van der Waals surface area contributed by atoms with Crippen LogP contribution in [0.5, 0.6) is 0 Å². The minimum absolute atomic E-state index is 0.0163. The first-order valence-electron chi connectivity index (χ1n) is 23.1.